The topological polar surface area (TPSA) is 58.2 Å². The molecule has 5 heteroatoms. The Morgan fingerprint density at radius 1 is 1.24 bits per heavy atom. The Kier molecular flexibility index (Phi) is 5.23. The third-order valence-corrected chi connectivity index (χ3v) is 3.61. The first-order valence-corrected chi connectivity index (χ1v) is 7.70. The maximum atomic E-state index is 12.2. The fourth-order valence-corrected chi connectivity index (χ4v) is 2.20. The highest BCUT2D eigenvalue weighted by atomic mass is 35.5. The molecule has 21 heavy (non-hydrogen) atoms. The quantitative estimate of drug-likeness (QED) is 0.849. The molecule has 0 aliphatic heterocycles. The summed E-state index contributed by atoms with van der Waals surface area (Å²) < 4.78 is 0. The second-order valence-corrected chi connectivity index (χ2v) is 6.38. The molecule has 0 radical (unpaired) electrons. The van der Waals surface area contributed by atoms with E-state index >= 15 is 0 Å². The Balaban J connectivity index is 2.00. The molecule has 0 unspecified atom stereocenters. The van der Waals surface area contributed by atoms with E-state index in [-0.39, 0.29) is 11.8 Å². The number of amides is 2. The molecular formula is C16H21ClN2O2. The lowest BCUT2D eigenvalue weighted by molar-refractivity contribution is -0.123. The van der Waals surface area contributed by atoms with Crippen molar-refractivity contribution in [1.82, 2.24) is 10.6 Å². The summed E-state index contributed by atoms with van der Waals surface area (Å²) in [4.78, 5) is 24.4. The Labute approximate surface area is 130 Å². The average molecular weight is 309 g/mol. The molecule has 1 aromatic carbocycles. The molecular weight excluding hydrogens is 288 g/mol. The van der Waals surface area contributed by atoms with Gasteiger partial charge in [0.1, 0.15) is 6.04 Å². The van der Waals surface area contributed by atoms with E-state index < -0.39 is 6.04 Å². The van der Waals surface area contributed by atoms with Gasteiger partial charge in [-0.3, -0.25) is 9.59 Å². The molecule has 2 N–H and O–H groups in total. The number of carbonyl (C=O) groups excluding carboxylic acids is 2. The van der Waals surface area contributed by atoms with Crippen molar-refractivity contribution >= 4 is 23.4 Å². The Hall–Kier alpha value is -1.55. The van der Waals surface area contributed by atoms with Crippen LogP contribution in [-0.4, -0.2) is 23.9 Å². The van der Waals surface area contributed by atoms with E-state index in [4.69, 9.17) is 11.6 Å². The second kappa shape index (κ2) is 6.94. The summed E-state index contributed by atoms with van der Waals surface area (Å²) in [5.41, 5.74) is 0.507. The first-order valence-electron chi connectivity index (χ1n) is 7.32. The predicted octanol–water partition coefficient (Wildman–Crippen LogP) is 2.76. The summed E-state index contributed by atoms with van der Waals surface area (Å²) in [6.07, 6.45) is 2.69. The van der Waals surface area contributed by atoms with Gasteiger partial charge in [0.05, 0.1) is 0 Å². The van der Waals surface area contributed by atoms with Crippen LogP contribution >= 0.6 is 11.6 Å². The molecule has 0 spiro atoms. The molecule has 2 amide bonds. The van der Waals surface area contributed by atoms with Crippen LogP contribution in [0.4, 0.5) is 0 Å². The van der Waals surface area contributed by atoms with Crippen LogP contribution in [0.1, 0.15) is 43.5 Å². The maximum Gasteiger partial charge on any atom is 0.251 e. The number of benzene rings is 1. The molecule has 1 atom stereocenters. The van der Waals surface area contributed by atoms with Crippen molar-refractivity contribution in [2.24, 2.45) is 5.92 Å². The second-order valence-electron chi connectivity index (χ2n) is 5.95. The lowest BCUT2D eigenvalue weighted by atomic mass is 10.0. The molecule has 2 rings (SSSR count). The number of hydrogen-bond donors (Lipinski definition) is 2. The molecule has 1 saturated carbocycles. The largest absolute Gasteiger partial charge is 0.352 e. The van der Waals surface area contributed by atoms with Crippen LogP contribution in [0, 0.1) is 5.92 Å². The highest BCUT2D eigenvalue weighted by Crippen LogP contribution is 2.19. The Bertz CT molecular complexity index is 510. The van der Waals surface area contributed by atoms with Crippen LogP contribution in [0.3, 0.4) is 0 Å². The highest BCUT2D eigenvalue weighted by Gasteiger charge is 2.28. The van der Waals surface area contributed by atoms with Crippen LogP contribution < -0.4 is 10.6 Å². The van der Waals surface area contributed by atoms with Gasteiger partial charge in [0, 0.05) is 16.6 Å². The zero-order valence-corrected chi connectivity index (χ0v) is 13.1. The summed E-state index contributed by atoms with van der Waals surface area (Å²) in [5, 5.41) is 6.35. The van der Waals surface area contributed by atoms with Gasteiger partial charge >= 0.3 is 0 Å². The number of carbonyl (C=O) groups is 2. The fraction of sp³-hybridized carbons (Fsp3) is 0.500. The van der Waals surface area contributed by atoms with Gasteiger partial charge in [0.2, 0.25) is 5.91 Å². The van der Waals surface area contributed by atoms with Crippen molar-refractivity contribution in [3.8, 4) is 0 Å². The number of nitrogens with one attached hydrogen (secondary N) is 2. The molecule has 0 heterocycles. The van der Waals surface area contributed by atoms with Gasteiger partial charge in [-0.1, -0.05) is 25.4 Å². The fourth-order valence-electron chi connectivity index (χ4n) is 2.08. The first-order chi connectivity index (χ1) is 9.95. The van der Waals surface area contributed by atoms with E-state index in [9.17, 15) is 9.59 Å². The van der Waals surface area contributed by atoms with Crippen molar-refractivity contribution in [2.75, 3.05) is 0 Å². The van der Waals surface area contributed by atoms with Gasteiger partial charge in [-0.2, -0.15) is 0 Å². The Morgan fingerprint density at radius 3 is 2.38 bits per heavy atom. The number of halogens is 1. The van der Waals surface area contributed by atoms with E-state index in [0.717, 1.165) is 12.8 Å². The predicted molar refractivity (Wildman–Crippen MR) is 83.3 cm³/mol. The van der Waals surface area contributed by atoms with E-state index in [1.165, 1.54) is 0 Å². The standard InChI is InChI=1S/C16H21ClN2O2/c1-10(2)9-14(16(21)18-13-7-8-13)19-15(20)11-3-5-12(17)6-4-11/h3-6,10,13-14H,7-9H2,1-2H3,(H,18,21)(H,19,20)/t14-/m0/s1. The van der Waals surface area contributed by atoms with Gasteiger partial charge in [-0.15, -0.1) is 0 Å². The van der Waals surface area contributed by atoms with Crippen LogP contribution in [0.25, 0.3) is 0 Å². The third kappa shape index (κ3) is 5.05. The molecule has 1 aliphatic carbocycles. The molecule has 0 aromatic heterocycles. The molecule has 4 nitrogen and oxygen atoms in total. The SMILES string of the molecule is CC(C)C[C@H](NC(=O)c1ccc(Cl)cc1)C(=O)NC1CC1. The summed E-state index contributed by atoms with van der Waals surface area (Å²) in [6.45, 7) is 4.07. The lowest BCUT2D eigenvalue weighted by Gasteiger charge is -2.20. The first kappa shape index (κ1) is 15.8. The van der Waals surface area contributed by atoms with Crippen LogP contribution in [-0.2, 0) is 4.79 Å². The minimum Gasteiger partial charge on any atom is -0.352 e. The molecule has 1 aliphatic rings. The minimum atomic E-state index is -0.492. The normalized spacial score (nSPS) is 15.6. The van der Waals surface area contributed by atoms with Crippen LogP contribution in [0.5, 0.6) is 0 Å². The summed E-state index contributed by atoms with van der Waals surface area (Å²) in [7, 11) is 0. The van der Waals surface area contributed by atoms with Crippen molar-refractivity contribution in [1.29, 1.82) is 0 Å². The monoisotopic (exact) mass is 308 g/mol. The van der Waals surface area contributed by atoms with Gasteiger partial charge < -0.3 is 10.6 Å². The number of hydrogen-bond acceptors (Lipinski definition) is 2. The molecule has 0 saturated heterocycles. The molecule has 1 fully saturated rings. The lowest BCUT2D eigenvalue weighted by Crippen LogP contribution is -2.48. The van der Waals surface area contributed by atoms with Crippen molar-refractivity contribution in [3.63, 3.8) is 0 Å². The molecule has 1 aromatic rings. The van der Waals surface area contributed by atoms with Crippen molar-refractivity contribution in [2.45, 2.75) is 45.2 Å². The summed E-state index contributed by atoms with van der Waals surface area (Å²) in [6, 6.07) is 6.44. The van der Waals surface area contributed by atoms with Crippen LogP contribution in [0.2, 0.25) is 5.02 Å². The van der Waals surface area contributed by atoms with E-state index in [1.807, 2.05) is 13.8 Å². The molecule has 0 bridgehead atoms. The van der Waals surface area contributed by atoms with E-state index in [1.54, 1.807) is 24.3 Å². The zero-order chi connectivity index (χ0) is 15.4. The third-order valence-electron chi connectivity index (χ3n) is 3.36. The minimum absolute atomic E-state index is 0.0893. The van der Waals surface area contributed by atoms with E-state index in [0.29, 0.717) is 29.0 Å². The van der Waals surface area contributed by atoms with Gasteiger partial charge in [0.25, 0.3) is 5.91 Å². The smallest absolute Gasteiger partial charge is 0.251 e. The Morgan fingerprint density at radius 2 is 1.86 bits per heavy atom. The van der Waals surface area contributed by atoms with Gasteiger partial charge in [-0.25, -0.2) is 0 Å². The molecule has 114 valence electrons. The number of rotatable bonds is 6. The van der Waals surface area contributed by atoms with Crippen LogP contribution in [0.15, 0.2) is 24.3 Å². The van der Waals surface area contributed by atoms with Crippen molar-refractivity contribution < 1.29 is 9.59 Å². The average Bonchev–Trinajstić information content (AvgIpc) is 3.22. The zero-order valence-electron chi connectivity index (χ0n) is 12.4. The van der Waals surface area contributed by atoms with Crippen molar-refractivity contribution in [3.05, 3.63) is 34.9 Å². The van der Waals surface area contributed by atoms with Gasteiger partial charge in [0.15, 0.2) is 0 Å². The van der Waals surface area contributed by atoms with E-state index in [2.05, 4.69) is 10.6 Å². The summed E-state index contributed by atoms with van der Waals surface area (Å²) >= 11 is 5.81. The van der Waals surface area contributed by atoms with Gasteiger partial charge in [-0.05, 0) is 49.4 Å². The highest BCUT2D eigenvalue weighted by molar-refractivity contribution is 6.30. The maximum absolute atomic E-state index is 12.2. The summed E-state index contributed by atoms with van der Waals surface area (Å²) in [5.74, 6) is -0.0118.